The van der Waals surface area contributed by atoms with Crippen LogP contribution in [0.5, 0.6) is 11.5 Å². The van der Waals surface area contributed by atoms with Gasteiger partial charge in [-0.3, -0.25) is 9.97 Å². The normalized spacial score (nSPS) is 10.9. The second-order valence-corrected chi connectivity index (χ2v) is 7.02. The van der Waals surface area contributed by atoms with Crippen LogP contribution in [-0.4, -0.2) is 9.97 Å². The maximum Gasteiger partial charge on any atom is 0.130 e. The fourth-order valence-electron chi connectivity index (χ4n) is 3.50. The number of benzene rings is 3. The number of hydrogen-bond donors (Lipinski definition) is 0. The molecule has 0 aliphatic heterocycles. The summed E-state index contributed by atoms with van der Waals surface area (Å²) < 4.78 is 12.2. The van der Waals surface area contributed by atoms with E-state index in [1.807, 2.05) is 60.7 Å². The number of hydrogen-bond acceptors (Lipinski definition) is 4. The van der Waals surface area contributed by atoms with Gasteiger partial charge >= 0.3 is 0 Å². The van der Waals surface area contributed by atoms with E-state index in [2.05, 4.69) is 34.2 Å². The Kier molecular flexibility index (Phi) is 4.96. The van der Waals surface area contributed by atoms with Gasteiger partial charge in [0.15, 0.2) is 0 Å². The second kappa shape index (κ2) is 8.21. The first-order valence-corrected chi connectivity index (χ1v) is 9.88. The zero-order valence-electron chi connectivity index (χ0n) is 16.4. The predicted molar refractivity (Wildman–Crippen MR) is 119 cm³/mol. The van der Waals surface area contributed by atoms with E-state index < -0.39 is 0 Å². The van der Waals surface area contributed by atoms with Crippen LogP contribution in [0.4, 0.5) is 0 Å². The van der Waals surface area contributed by atoms with Crippen LogP contribution in [0.2, 0.25) is 0 Å². The third-order valence-corrected chi connectivity index (χ3v) is 5.02. The first kappa shape index (κ1) is 18.1. The highest BCUT2D eigenvalue weighted by Crippen LogP contribution is 2.33. The molecule has 0 amide bonds. The van der Waals surface area contributed by atoms with E-state index in [0.29, 0.717) is 13.2 Å². The molecule has 5 aromatic rings. The highest BCUT2D eigenvalue weighted by atomic mass is 16.5. The molecule has 30 heavy (non-hydrogen) atoms. The van der Waals surface area contributed by atoms with Crippen molar-refractivity contribution >= 4 is 21.8 Å². The van der Waals surface area contributed by atoms with E-state index in [-0.39, 0.29) is 0 Å². The molecule has 0 saturated heterocycles. The zero-order valence-corrected chi connectivity index (χ0v) is 16.4. The molecule has 3 aromatic carbocycles. The molecule has 0 aliphatic rings. The Labute approximate surface area is 174 Å². The standard InChI is InChI=1S/C26H20N2O2/c1-3-7-19(8-4-1)17-29-23-13-15-27-25-21(23)11-12-22-24(14-16-28-26(22)25)30-18-20-9-5-2-6-10-20/h1-16H,17-18H2. The van der Waals surface area contributed by atoms with Crippen LogP contribution in [0.1, 0.15) is 11.1 Å². The number of fused-ring (bicyclic) bond motifs is 3. The van der Waals surface area contributed by atoms with Crippen molar-refractivity contribution in [1.29, 1.82) is 0 Å². The molecule has 2 heterocycles. The van der Waals surface area contributed by atoms with Gasteiger partial charge in [-0.05, 0) is 35.4 Å². The summed E-state index contributed by atoms with van der Waals surface area (Å²) in [4.78, 5) is 9.17. The van der Waals surface area contributed by atoms with Gasteiger partial charge < -0.3 is 9.47 Å². The average Bonchev–Trinajstić information content (AvgIpc) is 2.82. The maximum atomic E-state index is 6.09. The van der Waals surface area contributed by atoms with E-state index in [4.69, 9.17) is 9.47 Å². The SMILES string of the molecule is c1ccc(COc2ccnc3c2ccc2c(OCc4ccccc4)ccnc23)cc1. The minimum absolute atomic E-state index is 0.506. The van der Waals surface area contributed by atoms with E-state index >= 15 is 0 Å². The summed E-state index contributed by atoms with van der Waals surface area (Å²) in [7, 11) is 0. The van der Waals surface area contributed by atoms with Crippen molar-refractivity contribution in [1.82, 2.24) is 9.97 Å². The summed E-state index contributed by atoms with van der Waals surface area (Å²) in [6.45, 7) is 1.01. The first-order valence-electron chi connectivity index (χ1n) is 9.88. The molecule has 0 atom stereocenters. The van der Waals surface area contributed by atoms with Gasteiger partial charge in [-0.2, -0.15) is 0 Å². The topological polar surface area (TPSA) is 44.2 Å². The predicted octanol–water partition coefficient (Wildman–Crippen LogP) is 5.94. The Morgan fingerprint density at radius 1 is 0.500 bits per heavy atom. The quantitative estimate of drug-likeness (QED) is 0.335. The monoisotopic (exact) mass is 392 g/mol. The first-order chi connectivity index (χ1) is 14.9. The Morgan fingerprint density at radius 3 is 1.37 bits per heavy atom. The Morgan fingerprint density at radius 2 is 0.933 bits per heavy atom. The second-order valence-electron chi connectivity index (χ2n) is 7.02. The summed E-state index contributed by atoms with van der Waals surface area (Å²) in [6, 6.07) is 28.1. The van der Waals surface area contributed by atoms with Crippen LogP contribution in [0.15, 0.2) is 97.3 Å². The zero-order chi connectivity index (χ0) is 20.2. The molecule has 4 nitrogen and oxygen atoms in total. The lowest BCUT2D eigenvalue weighted by molar-refractivity contribution is 0.309. The van der Waals surface area contributed by atoms with Crippen molar-refractivity contribution in [2.24, 2.45) is 0 Å². The number of pyridine rings is 2. The molecule has 146 valence electrons. The minimum Gasteiger partial charge on any atom is -0.488 e. The smallest absolute Gasteiger partial charge is 0.130 e. The van der Waals surface area contributed by atoms with Crippen LogP contribution in [0.25, 0.3) is 21.8 Å². The van der Waals surface area contributed by atoms with Crippen molar-refractivity contribution in [3.63, 3.8) is 0 Å². The Balaban J connectivity index is 1.47. The van der Waals surface area contributed by atoms with Crippen LogP contribution < -0.4 is 9.47 Å². The number of aromatic nitrogens is 2. The molecule has 0 aliphatic carbocycles. The van der Waals surface area contributed by atoms with Crippen molar-refractivity contribution in [2.75, 3.05) is 0 Å². The fraction of sp³-hybridized carbons (Fsp3) is 0.0769. The average molecular weight is 392 g/mol. The Bertz CT molecular complexity index is 1190. The molecule has 0 unspecified atom stereocenters. The van der Waals surface area contributed by atoms with Crippen molar-refractivity contribution in [3.8, 4) is 11.5 Å². The lowest BCUT2D eigenvalue weighted by Crippen LogP contribution is -1.98. The summed E-state index contributed by atoms with van der Waals surface area (Å²) in [5, 5.41) is 1.88. The van der Waals surface area contributed by atoms with Crippen LogP contribution >= 0.6 is 0 Å². The molecular formula is C26H20N2O2. The largest absolute Gasteiger partial charge is 0.488 e. The molecule has 2 aromatic heterocycles. The summed E-state index contributed by atoms with van der Waals surface area (Å²) >= 11 is 0. The number of rotatable bonds is 6. The van der Waals surface area contributed by atoms with E-state index in [1.54, 1.807) is 12.4 Å². The van der Waals surface area contributed by atoms with E-state index in [0.717, 1.165) is 44.4 Å². The van der Waals surface area contributed by atoms with Gasteiger partial charge in [0.05, 0.1) is 0 Å². The summed E-state index contributed by atoms with van der Waals surface area (Å²) in [5.74, 6) is 1.59. The van der Waals surface area contributed by atoms with Gasteiger partial charge in [0.1, 0.15) is 35.7 Å². The molecule has 0 fully saturated rings. The third-order valence-electron chi connectivity index (χ3n) is 5.02. The van der Waals surface area contributed by atoms with Crippen molar-refractivity contribution in [3.05, 3.63) is 108 Å². The Hall–Kier alpha value is -3.92. The van der Waals surface area contributed by atoms with Gasteiger partial charge in [0.2, 0.25) is 0 Å². The van der Waals surface area contributed by atoms with Gasteiger partial charge in [-0.1, -0.05) is 60.7 Å². The van der Waals surface area contributed by atoms with E-state index in [1.165, 1.54) is 0 Å². The van der Waals surface area contributed by atoms with Gasteiger partial charge in [0, 0.05) is 23.2 Å². The van der Waals surface area contributed by atoms with E-state index in [9.17, 15) is 0 Å². The van der Waals surface area contributed by atoms with Crippen molar-refractivity contribution in [2.45, 2.75) is 13.2 Å². The van der Waals surface area contributed by atoms with Gasteiger partial charge in [-0.25, -0.2) is 0 Å². The van der Waals surface area contributed by atoms with Crippen LogP contribution in [-0.2, 0) is 13.2 Å². The molecule has 4 heteroatoms. The van der Waals surface area contributed by atoms with Gasteiger partial charge in [-0.15, -0.1) is 0 Å². The lowest BCUT2D eigenvalue weighted by Gasteiger charge is -2.12. The molecule has 0 N–H and O–H groups in total. The highest BCUT2D eigenvalue weighted by molar-refractivity contribution is 6.06. The number of nitrogens with zero attached hydrogens (tertiary/aromatic N) is 2. The molecule has 5 rings (SSSR count). The van der Waals surface area contributed by atoms with Crippen LogP contribution in [0, 0.1) is 0 Å². The number of ether oxygens (including phenoxy) is 2. The summed E-state index contributed by atoms with van der Waals surface area (Å²) in [5.41, 5.74) is 3.86. The van der Waals surface area contributed by atoms with Gasteiger partial charge in [0.25, 0.3) is 0 Å². The third kappa shape index (κ3) is 3.67. The molecule has 0 saturated carbocycles. The molecule has 0 bridgehead atoms. The summed E-state index contributed by atoms with van der Waals surface area (Å²) in [6.07, 6.45) is 3.53. The molecule has 0 radical (unpaired) electrons. The fourth-order valence-corrected chi connectivity index (χ4v) is 3.50. The molecule has 0 spiro atoms. The highest BCUT2D eigenvalue weighted by Gasteiger charge is 2.11. The molecular weight excluding hydrogens is 372 g/mol. The van der Waals surface area contributed by atoms with Crippen molar-refractivity contribution < 1.29 is 9.47 Å². The minimum atomic E-state index is 0.506. The van der Waals surface area contributed by atoms with Crippen LogP contribution in [0.3, 0.4) is 0 Å². The maximum absolute atomic E-state index is 6.09. The lowest BCUT2D eigenvalue weighted by atomic mass is 10.1.